The molecule has 4 nitrogen and oxygen atoms in total. The quantitative estimate of drug-likeness (QED) is 0.828. The van der Waals surface area contributed by atoms with E-state index < -0.39 is 0 Å². The van der Waals surface area contributed by atoms with Gasteiger partial charge in [-0.1, -0.05) is 0 Å². The normalized spacial score (nSPS) is 26.1. The Hall–Kier alpha value is -1.03. The molecular formula is C11H19N3O. The maximum atomic E-state index is 5.41. The Balaban J connectivity index is 2.13. The van der Waals surface area contributed by atoms with Gasteiger partial charge in [-0.2, -0.15) is 0 Å². The molecular weight excluding hydrogens is 190 g/mol. The lowest BCUT2D eigenvalue weighted by molar-refractivity contribution is 0.185. The van der Waals surface area contributed by atoms with Crippen LogP contribution in [0.15, 0.2) is 12.4 Å². The molecule has 2 rings (SSSR count). The van der Waals surface area contributed by atoms with Gasteiger partial charge < -0.3 is 14.6 Å². The number of anilines is 1. The molecule has 1 N–H and O–H groups in total. The fraction of sp³-hybridized carbons (Fsp3) is 0.727. The number of ether oxygens (including phenoxy) is 1. The van der Waals surface area contributed by atoms with Crippen LogP contribution in [0, 0.1) is 0 Å². The molecule has 0 spiro atoms. The molecule has 1 aliphatic heterocycles. The van der Waals surface area contributed by atoms with Gasteiger partial charge in [0.25, 0.3) is 0 Å². The van der Waals surface area contributed by atoms with Crippen LogP contribution in [-0.4, -0.2) is 28.3 Å². The first kappa shape index (κ1) is 10.5. The minimum Gasteiger partial charge on any atom is -0.379 e. The fourth-order valence-electron chi connectivity index (χ4n) is 1.86. The van der Waals surface area contributed by atoms with Gasteiger partial charge in [0.2, 0.25) is 5.95 Å². The Morgan fingerprint density at radius 1 is 1.60 bits per heavy atom. The smallest absolute Gasteiger partial charge is 0.203 e. The lowest BCUT2D eigenvalue weighted by Gasteiger charge is -2.25. The number of nitrogens with one attached hydrogen (secondary N) is 1. The van der Waals surface area contributed by atoms with Crippen molar-refractivity contribution in [1.82, 2.24) is 9.55 Å². The Morgan fingerprint density at radius 2 is 2.40 bits per heavy atom. The molecule has 0 amide bonds. The minimum absolute atomic E-state index is 0.0397. The number of nitrogens with zero attached hydrogens (tertiary/aromatic N) is 2. The molecule has 1 aromatic rings. The summed E-state index contributed by atoms with van der Waals surface area (Å²) in [6, 6.07) is 0.431. The molecule has 0 saturated carbocycles. The van der Waals surface area contributed by atoms with Crippen molar-refractivity contribution in [3.8, 4) is 0 Å². The average Bonchev–Trinajstić information content (AvgIpc) is 2.75. The van der Waals surface area contributed by atoms with Gasteiger partial charge in [-0.3, -0.25) is 0 Å². The molecule has 0 radical (unpaired) electrons. The van der Waals surface area contributed by atoms with Crippen molar-refractivity contribution >= 4 is 5.95 Å². The molecule has 0 aromatic carbocycles. The second kappa shape index (κ2) is 3.85. The van der Waals surface area contributed by atoms with Crippen LogP contribution < -0.4 is 5.32 Å². The summed E-state index contributed by atoms with van der Waals surface area (Å²) in [4.78, 5) is 4.34. The van der Waals surface area contributed by atoms with Crippen LogP contribution >= 0.6 is 0 Å². The van der Waals surface area contributed by atoms with Gasteiger partial charge in [0, 0.05) is 25.0 Å². The lowest BCUT2D eigenvalue weighted by atomic mass is 10.0. The van der Waals surface area contributed by atoms with Crippen LogP contribution in [0.5, 0.6) is 0 Å². The third-order valence-electron chi connectivity index (χ3n) is 2.86. The average molecular weight is 209 g/mol. The monoisotopic (exact) mass is 209 g/mol. The van der Waals surface area contributed by atoms with Crippen LogP contribution in [0.1, 0.15) is 33.2 Å². The third kappa shape index (κ3) is 2.15. The standard InChI is InChI=1S/C11H19N3O/c1-9(2)14-6-5-12-10(14)13-11(3)4-7-15-8-11/h5-6,9H,4,7-8H2,1-3H3,(H,12,13). The van der Waals surface area contributed by atoms with E-state index in [2.05, 4.69) is 35.6 Å². The third-order valence-corrected chi connectivity index (χ3v) is 2.86. The van der Waals surface area contributed by atoms with E-state index in [1.807, 2.05) is 12.4 Å². The van der Waals surface area contributed by atoms with Crippen molar-refractivity contribution in [3.63, 3.8) is 0 Å². The van der Waals surface area contributed by atoms with Crippen molar-refractivity contribution in [3.05, 3.63) is 12.4 Å². The van der Waals surface area contributed by atoms with Crippen molar-refractivity contribution in [1.29, 1.82) is 0 Å². The summed E-state index contributed by atoms with van der Waals surface area (Å²) in [5, 5.41) is 3.47. The summed E-state index contributed by atoms with van der Waals surface area (Å²) in [5.74, 6) is 0.943. The molecule has 1 saturated heterocycles. The summed E-state index contributed by atoms with van der Waals surface area (Å²) in [7, 11) is 0. The predicted molar refractivity (Wildman–Crippen MR) is 60.1 cm³/mol. The summed E-state index contributed by atoms with van der Waals surface area (Å²) in [6.45, 7) is 8.09. The largest absolute Gasteiger partial charge is 0.379 e. The van der Waals surface area contributed by atoms with E-state index in [9.17, 15) is 0 Å². The first-order valence-electron chi connectivity index (χ1n) is 5.49. The molecule has 1 atom stereocenters. The fourth-order valence-corrected chi connectivity index (χ4v) is 1.86. The molecule has 1 aliphatic rings. The Kier molecular flexibility index (Phi) is 2.69. The van der Waals surface area contributed by atoms with E-state index in [-0.39, 0.29) is 5.54 Å². The first-order valence-corrected chi connectivity index (χ1v) is 5.49. The highest BCUT2D eigenvalue weighted by molar-refractivity contribution is 5.31. The van der Waals surface area contributed by atoms with Crippen molar-refractivity contribution in [2.24, 2.45) is 0 Å². The van der Waals surface area contributed by atoms with Gasteiger partial charge >= 0.3 is 0 Å². The van der Waals surface area contributed by atoms with Gasteiger partial charge in [-0.05, 0) is 27.2 Å². The van der Waals surface area contributed by atoms with Gasteiger partial charge in [-0.15, -0.1) is 0 Å². The minimum atomic E-state index is 0.0397. The zero-order valence-corrected chi connectivity index (χ0v) is 9.66. The van der Waals surface area contributed by atoms with Crippen molar-refractivity contribution in [2.75, 3.05) is 18.5 Å². The molecule has 1 fully saturated rings. The van der Waals surface area contributed by atoms with E-state index in [0.717, 1.165) is 25.6 Å². The van der Waals surface area contributed by atoms with Crippen LogP contribution in [0.3, 0.4) is 0 Å². The number of hydrogen-bond acceptors (Lipinski definition) is 3. The van der Waals surface area contributed by atoms with Crippen molar-refractivity contribution in [2.45, 2.75) is 38.8 Å². The zero-order valence-electron chi connectivity index (χ0n) is 9.66. The molecule has 0 aliphatic carbocycles. The van der Waals surface area contributed by atoms with Gasteiger partial charge in [0.15, 0.2) is 0 Å². The molecule has 15 heavy (non-hydrogen) atoms. The van der Waals surface area contributed by atoms with Crippen LogP contribution in [0.4, 0.5) is 5.95 Å². The number of hydrogen-bond donors (Lipinski definition) is 1. The van der Waals surface area contributed by atoms with E-state index >= 15 is 0 Å². The van der Waals surface area contributed by atoms with Crippen LogP contribution in [0.2, 0.25) is 0 Å². The molecule has 1 aromatic heterocycles. The highest BCUT2D eigenvalue weighted by atomic mass is 16.5. The second-order valence-corrected chi connectivity index (χ2v) is 4.74. The Morgan fingerprint density at radius 3 is 3.00 bits per heavy atom. The zero-order chi connectivity index (χ0) is 10.9. The highest BCUT2D eigenvalue weighted by Gasteiger charge is 2.30. The summed E-state index contributed by atoms with van der Waals surface area (Å²) in [6.07, 6.45) is 4.88. The molecule has 1 unspecified atom stereocenters. The highest BCUT2D eigenvalue weighted by Crippen LogP contribution is 2.24. The van der Waals surface area contributed by atoms with Crippen LogP contribution in [0.25, 0.3) is 0 Å². The Labute approximate surface area is 90.6 Å². The predicted octanol–water partition coefficient (Wildman–Crippen LogP) is 2.05. The second-order valence-electron chi connectivity index (χ2n) is 4.74. The van der Waals surface area contributed by atoms with E-state index in [4.69, 9.17) is 4.74 Å². The molecule has 84 valence electrons. The van der Waals surface area contributed by atoms with E-state index in [1.165, 1.54) is 0 Å². The first-order chi connectivity index (χ1) is 7.11. The molecule has 2 heterocycles. The van der Waals surface area contributed by atoms with E-state index in [0.29, 0.717) is 6.04 Å². The summed E-state index contributed by atoms with van der Waals surface area (Å²) < 4.78 is 7.55. The van der Waals surface area contributed by atoms with Gasteiger partial charge in [-0.25, -0.2) is 4.98 Å². The van der Waals surface area contributed by atoms with Crippen LogP contribution in [-0.2, 0) is 4.74 Å². The molecule has 4 heteroatoms. The van der Waals surface area contributed by atoms with Gasteiger partial charge in [0.05, 0.1) is 12.1 Å². The lowest BCUT2D eigenvalue weighted by Crippen LogP contribution is -2.36. The number of aromatic nitrogens is 2. The Bertz CT molecular complexity index is 326. The van der Waals surface area contributed by atoms with Crippen molar-refractivity contribution < 1.29 is 4.74 Å². The van der Waals surface area contributed by atoms with E-state index in [1.54, 1.807) is 0 Å². The number of imidazole rings is 1. The van der Waals surface area contributed by atoms with Gasteiger partial charge in [0.1, 0.15) is 0 Å². The SMILES string of the molecule is CC(C)n1ccnc1NC1(C)CCOC1. The number of rotatable bonds is 3. The maximum absolute atomic E-state index is 5.41. The maximum Gasteiger partial charge on any atom is 0.203 e. The topological polar surface area (TPSA) is 39.1 Å². The summed E-state index contributed by atoms with van der Waals surface area (Å²) >= 11 is 0. The molecule has 0 bridgehead atoms. The summed E-state index contributed by atoms with van der Waals surface area (Å²) in [5.41, 5.74) is 0.0397.